The predicted molar refractivity (Wildman–Crippen MR) is 80.3 cm³/mol. The average molecular weight is 268 g/mol. The Hall–Kier alpha value is -0.120. The van der Waals surface area contributed by atoms with Crippen LogP contribution in [0.5, 0.6) is 0 Å². The van der Waals surface area contributed by atoms with E-state index in [0.717, 1.165) is 12.3 Å². The Morgan fingerprint density at radius 2 is 2.11 bits per heavy atom. The van der Waals surface area contributed by atoms with Crippen LogP contribution in [0.25, 0.3) is 0 Å². The molecule has 19 heavy (non-hydrogen) atoms. The molecule has 2 unspecified atom stereocenters. The van der Waals surface area contributed by atoms with Gasteiger partial charge in [0, 0.05) is 18.1 Å². The number of nitrogens with zero attached hydrogens (tertiary/aromatic N) is 1. The molecule has 0 spiro atoms. The van der Waals surface area contributed by atoms with E-state index in [4.69, 9.17) is 0 Å². The van der Waals surface area contributed by atoms with Crippen LogP contribution in [0.1, 0.15) is 58.8 Å². The predicted octanol–water partition coefficient (Wildman–Crippen LogP) is 2.39. The van der Waals surface area contributed by atoms with Crippen LogP contribution in [0, 0.1) is 5.92 Å². The first-order valence-electron chi connectivity index (χ1n) is 8.26. The summed E-state index contributed by atoms with van der Waals surface area (Å²) in [6, 6.07) is 0.677. The first-order valence-corrected chi connectivity index (χ1v) is 8.26. The molecule has 3 nitrogen and oxygen atoms in total. The molecule has 2 atom stereocenters. The first kappa shape index (κ1) is 15.3. The van der Waals surface area contributed by atoms with E-state index < -0.39 is 0 Å². The molecule has 0 aromatic carbocycles. The summed E-state index contributed by atoms with van der Waals surface area (Å²) in [6.45, 7) is 8.54. The zero-order valence-corrected chi connectivity index (χ0v) is 12.8. The van der Waals surface area contributed by atoms with Crippen LogP contribution < -0.4 is 5.32 Å². The fourth-order valence-corrected chi connectivity index (χ4v) is 3.30. The summed E-state index contributed by atoms with van der Waals surface area (Å²) in [4.78, 5) is 2.63. The van der Waals surface area contributed by atoms with Crippen molar-refractivity contribution in [2.24, 2.45) is 5.92 Å². The van der Waals surface area contributed by atoms with Crippen molar-refractivity contribution in [3.05, 3.63) is 0 Å². The van der Waals surface area contributed by atoms with E-state index in [-0.39, 0.29) is 12.1 Å². The molecule has 2 aliphatic rings. The lowest BCUT2D eigenvalue weighted by atomic mass is 9.94. The molecule has 0 bridgehead atoms. The summed E-state index contributed by atoms with van der Waals surface area (Å²) in [5.41, 5.74) is -0.0545. The van der Waals surface area contributed by atoms with Crippen molar-refractivity contribution in [2.75, 3.05) is 26.2 Å². The summed E-state index contributed by atoms with van der Waals surface area (Å²) in [5.74, 6) is 0.919. The zero-order chi connectivity index (χ0) is 13.7. The van der Waals surface area contributed by atoms with Gasteiger partial charge in [-0.1, -0.05) is 13.3 Å². The zero-order valence-electron chi connectivity index (χ0n) is 12.8. The van der Waals surface area contributed by atoms with Gasteiger partial charge in [0.05, 0.1) is 6.61 Å². The maximum absolute atomic E-state index is 9.60. The molecule has 1 aliphatic heterocycles. The Morgan fingerprint density at radius 1 is 1.32 bits per heavy atom. The van der Waals surface area contributed by atoms with Crippen molar-refractivity contribution in [1.82, 2.24) is 10.2 Å². The Labute approximate surface area is 118 Å². The minimum Gasteiger partial charge on any atom is -0.394 e. The second-order valence-electron chi connectivity index (χ2n) is 6.96. The number of aliphatic hydroxyl groups excluding tert-OH is 1. The van der Waals surface area contributed by atoms with E-state index in [2.05, 4.69) is 24.1 Å². The lowest BCUT2D eigenvalue weighted by molar-refractivity contribution is 0.139. The summed E-state index contributed by atoms with van der Waals surface area (Å²) >= 11 is 0. The third kappa shape index (κ3) is 5.05. The Bertz CT molecular complexity index is 267. The van der Waals surface area contributed by atoms with Crippen LogP contribution in [0.2, 0.25) is 0 Å². The van der Waals surface area contributed by atoms with E-state index in [1.807, 2.05) is 0 Å². The monoisotopic (exact) mass is 268 g/mol. The molecule has 2 N–H and O–H groups in total. The minimum absolute atomic E-state index is 0.0545. The Balaban J connectivity index is 1.66. The van der Waals surface area contributed by atoms with Crippen LogP contribution in [-0.2, 0) is 0 Å². The van der Waals surface area contributed by atoms with Gasteiger partial charge in [-0.05, 0) is 64.5 Å². The Morgan fingerprint density at radius 3 is 2.74 bits per heavy atom. The standard InChI is InChI=1S/C16H32N2O/c1-3-14-6-4-10-18(12-14)11-5-9-16(2,13-19)17-15-7-8-15/h14-15,17,19H,3-13H2,1-2H3. The largest absolute Gasteiger partial charge is 0.394 e. The number of rotatable bonds is 8. The summed E-state index contributed by atoms with van der Waals surface area (Å²) in [5, 5.41) is 13.2. The molecule has 0 radical (unpaired) electrons. The second kappa shape index (κ2) is 7.05. The fraction of sp³-hybridized carbons (Fsp3) is 1.00. The van der Waals surface area contributed by atoms with Crippen LogP contribution in [0.15, 0.2) is 0 Å². The van der Waals surface area contributed by atoms with Crippen molar-refractivity contribution in [3.8, 4) is 0 Å². The van der Waals surface area contributed by atoms with Gasteiger partial charge in [0.2, 0.25) is 0 Å². The number of piperidine rings is 1. The highest BCUT2D eigenvalue weighted by Gasteiger charge is 2.31. The topological polar surface area (TPSA) is 35.5 Å². The quantitative estimate of drug-likeness (QED) is 0.709. The van der Waals surface area contributed by atoms with E-state index in [9.17, 15) is 5.11 Å². The summed E-state index contributed by atoms with van der Waals surface area (Å²) in [6.07, 6.45) is 9.00. The van der Waals surface area contributed by atoms with E-state index >= 15 is 0 Å². The maximum atomic E-state index is 9.60. The van der Waals surface area contributed by atoms with Crippen LogP contribution >= 0.6 is 0 Å². The van der Waals surface area contributed by atoms with E-state index in [1.165, 1.54) is 58.2 Å². The highest BCUT2D eigenvalue weighted by molar-refractivity contribution is 4.92. The molecule has 2 fully saturated rings. The van der Waals surface area contributed by atoms with Crippen LogP contribution in [0.3, 0.4) is 0 Å². The number of hydrogen-bond donors (Lipinski definition) is 2. The SMILES string of the molecule is CCC1CCCN(CCCC(C)(CO)NC2CC2)C1. The van der Waals surface area contributed by atoms with Gasteiger partial charge in [0.15, 0.2) is 0 Å². The molecule has 3 heteroatoms. The minimum atomic E-state index is -0.0545. The number of likely N-dealkylation sites (tertiary alicyclic amines) is 1. The van der Waals surface area contributed by atoms with Crippen molar-refractivity contribution in [3.63, 3.8) is 0 Å². The van der Waals surface area contributed by atoms with Crippen molar-refractivity contribution in [2.45, 2.75) is 70.4 Å². The van der Waals surface area contributed by atoms with Gasteiger partial charge in [-0.2, -0.15) is 0 Å². The smallest absolute Gasteiger partial charge is 0.0610 e. The highest BCUT2D eigenvalue weighted by Crippen LogP contribution is 2.25. The summed E-state index contributed by atoms with van der Waals surface area (Å²) in [7, 11) is 0. The fourth-order valence-electron chi connectivity index (χ4n) is 3.30. The maximum Gasteiger partial charge on any atom is 0.0610 e. The molecule has 0 aromatic heterocycles. The lowest BCUT2D eigenvalue weighted by Gasteiger charge is -2.34. The third-order valence-corrected chi connectivity index (χ3v) is 4.86. The molecule has 1 aliphatic carbocycles. The molecule has 1 saturated carbocycles. The van der Waals surface area contributed by atoms with Gasteiger partial charge < -0.3 is 15.3 Å². The highest BCUT2D eigenvalue weighted by atomic mass is 16.3. The molecule has 0 amide bonds. The van der Waals surface area contributed by atoms with Gasteiger partial charge in [-0.25, -0.2) is 0 Å². The number of aliphatic hydroxyl groups is 1. The van der Waals surface area contributed by atoms with Gasteiger partial charge >= 0.3 is 0 Å². The first-order chi connectivity index (χ1) is 9.15. The van der Waals surface area contributed by atoms with Crippen LogP contribution in [-0.4, -0.2) is 47.8 Å². The molecule has 1 heterocycles. The Kier molecular flexibility index (Phi) is 5.67. The molecule has 2 rings (SSSR count). The molecule has 0 aromatic rings. The number of hydrogen-bond acceptors (Lipinski definition) is 3. The van der Waals surface area contributed by atoms with Gasteiger partial charge in [-0.15, -0.1) is 0 Å². The average Bonchev–Trinajstić information content (AvgIpc) is 3.23. The normalized spacial score (nSPS) is 28.3. The van der Waals surface area contributed by atoms with Gasteiger partial charge in [0.25, 0.3) is 0 Å². The van der Waals surface area contributed by atoms with Gasteiger partial charge in [-0.3, -0.25) is 0 Å². The van der Waals surface area contributed by atoms with Crippen molar-refractivity contribution in [1.29, 1.82) is 0 Å². The molecular weight excluding hydrogens is 236 g/mol. The van der Waals surface area contributed by atoms with Crippen LogP contribution in [0.4, 0.5) is 0 Å². The van der Waals surface area contributed by atoms with Crippen molar-refractivity contribution >= 4 is 0 Å². The summed E-state index contributed by atoms with van der Waals surface area (Å²) < 4.78 is 0. The van der Waals surface area contributed by atoms with E-state index in [1.54, 1.807) is 0 Å². The lowest BCUT2D eigenvalue weighted by Crippen LogP contribution is -2.47. The number of nitrogens with one attached hydrogen (secondary N) is 1. The van der Waals surface area contributed by atoms with Crippen molar-refractivity contribution < 1.29 is 5.11 Å². The second-order valence-corrected chi connectivity index (χ2v) is 6.96. The van der Waals surface area contributed by atoms with Gasteiger partial charge in [0.1, 0.15) is 0 Å². The molecule has 1 saturated heterocycles. The molecule has 112 valence electrons. The third-order valence-electron chi connectivity index (χ3n) is 4.86. The van der Waals surface area contributed by atoms with E-state index in [0.29, 0.717) is 6.04 Å². The molecular formula is C16H32N2O.